The summed E-state index contributed by atoms with van der Waals surface area (Å²) in [5.41, 5.74) is 5.13. The fraction of sp³-hybridized carbons (Fsp3) is 0.818. The summed E-state index contributed by atoms with van der Waals surface area (Å²) in [7, 11) is 1.59. The molecule has 1 amide bonds. The number of methoxy groups -OCH3 is 1. The minimum absolute atomic E-state index is 0.139. The lowest BCUT2D eigenvalue weighted by Gasteiger charge is -2.29. The summed E-state index contributed by atoms with van der Waals surface area (Å²) in [5.74, 6) is 0. The fourth-order valence-corrected chi connectivity index (χ4v) is 2.15. The van der Waals surface area contributed by atoms with Crippen molar-refractivity contribution in [3.8, 4) is 0 Å². The molecular weight excluding hydrogens is 240 g/mol. The molecule has 0 aromatic carbocycles. The van der Waals surface area contributed by atoms with Gasteiger partial charge in [-0.25, -0.2) is 4.79 Å². The summed E-state index contributed by atoms with van der Waals surface area (Å²) < 4.78 is 10.6. The van der Waals surface area contributed by atoms with Gasteiger partial charge in [-0.1, -0.05) is 12.2 Å². The molecule has 1 rings (SSSR count). The molecule has 0 spiro atoms. The number of amides is 1. The summed E-state index contributed by atoms with van der Waals surface area (Å²) >= 11 is 4.98. The first-order valence-corrected chi connectivity index (χ1v) is 5.99. The number of ether oxygens (including phenoxy) is 2. The minimum Gasteiger partial charge on any atom is -0.444 e. The molecule has 1 aliphatic heterocycles. The van der Waals surface area contributed by atoms with Gasteiger partial charge in [0.2, 0.25) is 0 Å². The minimum atomic E-state index is -0.525. The van der Waals surface area contributed by atoms with Crippen LogP contribution in [0.15, 0.2) is 0 Å². The van der Waals surface area contributed by atoms with Crippen LogP contribution < -0.4 is 5.73 Å². The van der Waals surface area contributed by atoms with E-state index in [9.17, 15) is 4.79 Å². The molecule has 5 nitrogen and oxygen atoms in total. The largest absolute Gasteiger partial charge is 0.444 e. The van der Waals surface area contributed by atoms with E-state index in [1.165, 1.54) is 0 Å². The van der Waals surface area contributed by atoms with Crippen molar-refractivity contribution in [2.24, 2.45) is 5.73 Å². The number of hydrogen-bond acceptors (Lipinski definition) is 4. The van der Waals surface area contributed by atoms with E-state index in [1.54, 1.807) is 12.0 Å². The van der Waals surface area contributed by atoms with Crippen LogP contribution in [-0.2, 0) is 9.47 Å². The van der Waals surface area contributed by atoms with Gasteiger partial charge in [0.05, 0.1) is 11.1 Å². The van der Waals surface area contributed by atoms with Crippen LogP contribution in [0.25, 0.3) is 0 Å². The highest BCUT2D eigenvalue weighted by Gasteiger charge is 2.40. The van der Waals surface area contributed by atoms with E-state index in [-0.39, 0.29) is 17.1 Å². The lowest BCUT2D eigenvalue weighted by atomic mass is 10.1. The Morgan fingerprint density at radius 2 is 2.06 bits per heavy atom. The van der Waals surface area contributed by atoms with E-state index in [0.29, 0.717) is 6.54 Å². The van der Waals surface area contributed by atoms with Crippen LogP contribution in [-0.4, -0.2) is 47.4 Å². The van der Waals surface area contributed by atoms with Crippen molar-refractivity contribution < 1.29 is 14.3 Å². The maximum absolute atomic E-state index is 12.0. The lowest BCUT2D eigenvalue weighted by molar-refractivity contribution is 0.0196. The first kappa shape index (κ1) is 14.2. The zero-order chi connectivity index (χ0) is 13.2. The molecule has 6 heteroatoms. The smallest absolute Gasteiger partial charge is 0.410 e. The Kier molecular flexibility index (Phi) is 4.32. The molecule has 0 saturated carbocycles. The molecule has 1 fully saturated rings. The van der Waals surface area contributed by atoms with Gasteiger partial charge < -0.3 is 15.2 Å². The average molecular weight is 260 g/mol. The monoisotopic (exact) mass is 260 g/mol. The second-order valence-electron chi connectivity index (χ2n) is 5.08. The van der Waals surface area contributed by atoms with Crippen molar-refractivity contribution in [2.75, 3.05) is 13.7 Å². The Hall–Kier alpha value is -0.880. The van der Waals surface area contributed by atoms with Crippen molar-refractivity contribution in [1.29, 1.82) is 0 Å². The second kappa shape index (κ2) is 5.18. The molecule has 2 N–H and O–H groups in total. The second-order valence-corrected chi connectivity index (χ2v) is 5.56. The third-order valence-electron chi connectivity index (χ3n) is 2.56. The topological polar surface area (TPSA) is 64.8 Å². The Balaban J connectivity index is 2.76. The maximum atomic E-state index is 12.0. The molecule has 0 radical (unpaired) electrons. The van der Waals surface area contributed by atoms with Crippen molar-refractivity contribution in [3.05, 3.63) is 0 Å². The molecule has 17 heavy (non-hydrogen) atoms. The Labute approximate surface area is 107 Å². The normalized spacial score (nSPS) is 24.8. The van der Waals surface area contributed by atoms with Gasteiger partial charge >= 0.3 is 6.09 Å². The van der Waals surface area contributed by atoms with Crippen LogP contribution in [0.1, 0.15) is 27.2 Å². The SMILES string of the molecule is CO[C@H]1CCN(C(=O)OC(C)(C)C)[C@@H]1C(N)=S. The summed E-state index contributed by atoms with van der Waals surface area (Å²) in [4.78, 5) is 13.8. The van der Waals surface area contributed by atoms with Crippen molar-refractivity contribution in [1.82, 2.24) is 4.90 Å². The molecule has 1 saturated heterocycles. The molecule has 0 unspecified atom stereocenters. The van der Waals surface area contributed by atoms with Gasteiger partial charge in [0.25, 0.3) is 0 Å². The third-order valence-corrected chi connectivity index (χ3v) is 2.81. The number of likely N-dealkylation sites (tertiary alicyclic amines) is 1. The van der Waals surface area contributed by atoms with Gasteiger partial charge in [0.1, 0.15) is 11.6 Å². The van der Waals surface area contributed by atoms with Crippen molar-refractivity contribution >= 4 is 23.3 Å². The maximum Gasteiger partial charge on any atom is 0.410 e. The van der Waals surface area contributed by atoms with Gasteiger partial charge in [-0.2, -0.15) is 0 Å². The summed E-state index contributed by atoms with van der Waals surface area (Å²) in [6, 6.07) is -0.371. The van der Waals surface area contributed by atoms with E-state index in [0.717, 1.165) is 6.42 Å². The number of carbonyl (C=O) groups excluding carboxylic acids is 1. The van der Waals surface area contributed by atoms with Gasteiger partial charge in [-0.15, -0.1) is 0 Å². The van der Waals surface area contributed by atoms with Crippen LogP contribution in [0.3, 0.4) is 0 Å². The molecule has 0 bridgehead atoms. The fourth-order valence-electron chi connectivity index (χ4n) is 1.87. The van der Waals surface area contributed by atoms with Crippen molar-refractivity contribution in [3.63, 3.8) is 0 Å². The molecule has 0 aliphatic carbocycles. The summed E-state index contributed by atoms with van der Waals surface area (Å²) in [6.07, 6.45) is 0.187. The number of nitrogens with zero attached hydrogens (tertiary/aromatic N) is 1. The first-order chi connectivity index (χ1) is 7.76. The van der Waals surface area contributed by atoms with Crippen LogP contribution in [0.2, 0.25) is 0 Å². The Morgan fingerprint density at radius 3 is 2.47 bits per heavy atom. The predicted octanol–water partition coefficient (Wildman–Crippen LogP) is 1.30. The number of rotatable bonds is 2. The molecule has 98 valence electrons. The molecule has 1 heterocycles. The summed E-state index contributed by atoms with van der Waals surface area (Å²) in [6.45, 7) is 6.02. The Bertz CT molecular complexity index is 314. The van der Waals surface area contributed by atoms with Crippen molar-refractivity contribution in [2.45, 2.75) is 44.9 Å². The zero-order valence-corrected chi connectivity index (χ0v) is 11.5. The van der Waals surface area contributed by atoms with E-state index >= 15 is 0 Å². The van der Waals surface area contributed by atoms with Gasteiger partial charge in [-0.3, -0.25) is 4.90 Å². The van der Waals surface area contributed by atoms with Crippen LogP contribution in [0.4, 0.5) is 4.79 Å². The van der Waals surface area contributed by atoms with E-state index in [2.05, 4.69) is 0 Å². The molecule has 0 aromatic rings. The van der Waals surface area contributed by atoms with Crippen LogP contribution in [0, 0.1) is 0 Å². The van der Waals surface area contributed by atoms with Gasteiger partial charge in [0.15, 0.2) is 0 Å². The molecule has 2 atom stereocenters. The molecule has 0 aromatic heterocycles. The standard InChI is InChI=1S/C11H20N2O3S/c1-11(2,3)16-10(14)13-6-5-7(15-4)8(13)9(12)17/h7-8H,5-6H2,1-4H3,(H2,12,17)/t7-,8-/m0/s1. The van der Waals surface area contributed by atoms with E-state index in [4.69, 9.17) is 27.4 Å². The lowest BCUT2D eigenvalue weighted by Crippen LogP contribution is -2.49. The van der Waals surface area contributed by atoms with Crippen LogP contribution in [0.5, 0.6) is 0 Å². The average Bonchev–Trinajstić information content (AvgIpc) is 2.57. The number of hydrogen-bond donors (Lipinski definition) is 1. The zero-order valence-electron chi connectivity index (χ0n) is 10.7. The number of thiocarbonyl (C=S) groups is 1. The number of nitrogens with two attached hydrogens (primary N) is 1. The van der Waals surface area contributed by atoms with Gasteiger partial charge in [-0.05, 0) is 27.2 Å². The quantitative estimate of drug-likeness (QED) is 0.758. The first-order valence-electron chi connectivity index (χ1n) is 5.58. The van der Waals surface area contributed by atoms with E-state index in [1.807, 2.05) is 20.8 Å². The van der Waals surface area contributed by atoms with Crippen LogP contribution >= 0.6 is 12.2 Å². The van der Waals surface area contributed by atoms with E-state index < -0.39 is 11.7 Å². The third kappa shape index (κ3) is 3.54. The molecule has 1 aliphatic rings. The number of carbonyl (C=O) groups is 1. The predicted molar refractivity (Wildman–Crippen MR) is 68.9 cm³/mol. The highest BCUT2D eigenvalue weighted by atomic mass is 32.1. The Morgan fingerprint density at radius 1 is 1.47 bits per heavy atom. The highest BCUT2D eigenvalue weighted by Crippen LogP contribution is 2.23. The summed E-state index contributed by atoms with van der Waals surface area (Å²) in [5, 5.41) is 0. The van der Waals surface area contributed by atoms with Gasteiger partial charge in [0, 0.05) is 13.7 Å². The molecular formula is C11H20N2O3S. The highest BCUT2D eigenvalue weighted by molar-refractivity contribution is 7.80.